The maximum absolute atomic E-state index is 11.4. The van der Waals surface area contributed by atoms with Crippen LogP contribution in [-0.2, 0) is 9.59 Å². The molecule has 0 bridgehead atoms. The van der Waals surface area contributed by atoms with Crippen LogP contribution in [0.2, 0.25) is 0 Å². The number of nitrogens with one attached hydrogen (secondary N) is 2. The number of aliphatic carboxylic acids is 1. The largest absolute Gasteiger partial charge is 0.480 e. The standard InChI is InChI=1S/C10H21N2O3P/c1-7(2)9(13)12-8(10(14)15)5-3-4-6-11-16/h7-8,11H,3-6,16H2,1-2H3,(H,12,13)(H,14,15). The molecular weight excluding hydrogens is 227 g/mol. The van der Waals surface area contributed by atoms with Gasteiger partial charge in [0.25, 0.3) is 0 Å². The van der Waals surface area contributed by atoms with Gasteiger partial charge in [0.05, 0.1) is 0 Å². The normalized spacial score (nSPS) is 12.5. The lowest BCUT2D eigenvalue weighted by atomic mass is 10.1. The van der Waals surface area contributed by atoms with Crippen LogP contribution in [0.5, 0.6) is 0 Å². The highest BCUT2D eigenvalue weighted by atomic mass is 31.0. The fourth-order valence-electron chi connectivity index (χ4n) is 1.17. The minimum Gasteiger partial charge on any atom is -0.480 e. The summed E-state index contributed by atoms with van der Waals surface area (Å²) in [5, 5.41) is 14.4. The second-order valence-electron chi connectivity index (χ2n) is 4.00. The number of hydrogen-bond donors (Lipinski definition) is 3. The zero-order valence-corrected chi connectivity index (χ0v) is 11.0. The number of rotatable bonds is 8. The van der Waals surface area contributed by atoms with Crippen molar-refractivity contribution in [2.75, 3.05) is 6.54 Å². The molecule has 0 aliphatic carbocycles. The van der Waals surface area contributed by atoms with Crippen molar-refractivity contribution in [3.05, 3.63) is 0 Å². The molecule has 0 aromatic rings. The van der Waals surface area contributed by atoms with Crippen molar-refractivity contribution >= 4 is 21.3 Å². The van der Waals surface area contributed by atoms with E-state index in [2.05, 4.69) is 19.8 Å². The van der Waals surface area contributed by atoms with Gasteiger partial charge in [0.2, 0.25) is 5.91 Å². The molecule has 0 radical (unpaired) electrons. The van der Waals surface area contributed by atoms with Gasteiger partial charge in [-0.15, -0.1) is 0 Å². The Morgan fingerprint density at radius 3 is 2.38 bits per heavy atom. The van der Waals surface area contributed by atoms with Crippen LogP contribution >= 0.6 is 9.39 Å². The molecular formula is C10H21N2O3P. The van der Waals surface area contributed by atoms with Crippen LogP contribution in [0.25, 0.3) is 0 Å². The summed E-state index contributed by atoms with van der Waals surface area (Å²) in [5.74, 6) is -1.36. The van der Waals surface area contributed by atoms with Gasteiger partial charge in [-0.2, -0.15) is 0 Å². The van der Waals surface area contributed by atoms with Crippen LogP contribution in [0.1, 0.15) is 33.1 Å². The Morgan fingerprint density at radius 1 is 1.31 bits per heavy atom. The van der Waals surface area contributed by atoms with Crippen LogP contribution in [-0.4, -0.2) is 29.6 Å². The van der Waals surface area contributed by atoms with Crippen molar-refractivity contribution in [3.63, 3.8) is 0 Å². The quantitative estimate of drug-likeness (QED) is 0.438. The topological polar surface area (TPSA) is 78.4 Å². The Hall–Kier alpha value is -0.670. The SMILES string of the molecule is CC(C)C(=O)NC(CCCCNP)C(=O)O. The molecule has 16 heavy (non-hydrogen) atoms. The maximum Gasteiger partial charge on any atom is 0.326 e. The first kappa shape index (κ1) is 15.3. The van der Waals surface area contributed by atoms with Gasteiger partial charge in [-0.3, -0.25) is 4.79 Å². The maximum atomic E-state index is 11.4. The van der Waals surface area contributed by atoms with Gasteiger partial charge in [-0.05, 0) is 25.8 Å². The number of carboxylic acids is 1. The Bertz CT molecular complexity index is 234. The third kappa shape index (κ3) is 6.75. The van der Waals surface area contributed by atoms with Crippen molar-refractivity contribution in [1.82, 2.24) is 10.4 Å². The van der Waals surface area contributed by atoms with E-state index in [9.17, 15) is 9.59 Å². The zero-order chi connectivity index (χ0) is 12.6. The predicted molar refractivity (Wildman–Crippen MR) is 66.0 cm³/mol. The molecule has 94 valence electrons. The molecule has 1 amide bonds. The molecule has 2 unspecified atom stereocenters. The van der Waals surface area contributed by atoms with Gasteiger partial charge in [0.15, 0.2) is 0 Å². The van der Waals surface area contributed by atoms with Gasteiger partial charge in [0.1, 0.15) is 6.04 Å². The average Bonchev–Trinajstić information content (AvgIpc) is 2.21. The van der Waals surface area contributed by atoms with Crippen LogP contribution in [0.4, 0.5) is 0 Å². The highest BCUT2D eigenvalue weighted by Crippen LogP contribution is 2.03. The smallest absolute Gasteiger partial charge is 0.326 e. The first-order chi connectivity index (χ1) is 7.49. The van der Waals surface area contributed by atoms with E-state index in [1.807, 2.05) is 0 Å². The van der Waals surface area contributed by atoms with Gasteiger partial charge in [0, 0.05) is 5.92 Å². The number of carbonyl (C=O) groups excluding carboxylic acids is 1. The lowest BCUT2D eigenvalue weighted by molar-refractivity contribution is -0.142. The van der Waals surface area contributed by atoms with E-state index in [1.54, 1.807) is 13.8 Å². The molecule has 0 saturated carbocycles. The first-order valence-corrected chi connectivity index (χ1v) is 6.03. The Labute approximate surface area is 98.6 Å². The molecule has 0 aromatic heterocycles. The molecule has 5 nitrogen and oxygen atoms in total. The Balaban J connectivity index is 3.98. The van der Waals surface area contributed by atoms with E-state index >= 15 is 0 Å². The number of unbranched alkanes of at least 4 members (excludes halogenated alkanes) is 1. The van der Waals surface area contributed by atoms with Gasteiger partial charge >= 0.3 is 5.97 Å². The number of carboxylic acid groups (broad SMARTS) is 1. The highest BCUT2D eigenvalue weighted by Gasteiger charge is 2.20. The number of amides is 1. The van der Waals surface area contributed by atoms with Gasteiger partial charge in [-0.1, -0.05) is 23.2 Å². The lowest BCUT2D eigenvalue weighted by Crippen LogP contribution is -2.42. The summed E-state index contributed by atoms with van der Waals surface area (Å²) in [6, 6.07) is -0.764. The van der Waals surface area contributed by atoms with Gasteiger partial charge in [-0.25, -0.2) is 4.79 Å². The zero-order valence-electron chi connectivity index (χ0n) is 9.82. The molecule has 0 fully saturated rings. The fourth-order valence-corrected chi connectivity index (χ4v) is 1.38. The summed E-state index contributed by atoms with van der Waals surface area (Å²) in [5.41, 5.74) is 0. The summed E-state index contributed by atoms with van der Waals surface area (Å²) in [7, 11) is 2.40. The lowest BCUT2D eigenvalue weighted by Gasteiger charge is -2.15. The summed E-state index contributed by atoms with van der Waals surface area (Å²) >= 11 is 0. The first-order valence-electron chi connectivity index (χ1n) is 5.45. The van der Waals surface area contributed by atoms with E-state index in [0.29, 0.717) is 6.42 Å². The molecule has 0 spiro atoms. The monoisotopic (exact) mass is 248 g/mol. The Kier molecular flexibility index (Phi) is 8.12. The summed E-state index contributed by atoms with van der Waals surface area (Å²) in [4.78, 5) is 22.2. The summed E-state index contributed by atoms with van der Waals surface area (Å²) < 4.78 is 0. The van der Waals surface area contributed by atoms with Crippen molar-refractivity contribution in [2.45, 2.75) is 39.2 Å². The average molecular weight is 248 g/mol. The van der Waals surface area contributed by atoms with Crippen molar-refractivity contribution in [3.8, 4) is 0 Å². The van der Waals surface area contributed by atoms with Crippen molar-refractivity contribution in [2.24, 2.45) is 5.92 Å². The molecule has 0 aliphatic heterocycles. The van der Waals surface area contributed by atoms with Crippen molar-refractivity contribution in [1.29, 1.82) is 0 Å². The fraction of sp³-hybridized carbons (Fsp3) is 0.800. The van der Waals surface area contributed by atoms with Crippen LogP contribution in [0, 0.1) is 5.92 Å². The van der Waals surface area contributed by atoms with Crippen molar-refractivity contribution < 1.29 is 14.7 Å². The third-order valence-corrected chi connectivity index (χ3v) is 2.49. The molecule has 0 aromatic carbocycles. The molecule has 0 saturated heterocycles. The minimum atomic E-state index is -0.965. The molecule has 0 aliphatic rings. The number of carbonyl (C=O) groups is 2. The molecule has 6 heteroatoms. The van der Waals surface area contributed by atoms with E-state index in [1.165, 1.54) is 0 Å². The second-order valence-corrected chi connectivity index (χ2v) is 4.41. The van der Waals surface area contributed by atoms with Crippen LogP contribution in [0.3, 0.4) is 0 Å². The summed E-state index contributed by atoms with van der Waals surface area (Å²) in [6.07, 6.45) is 2.14. The van der Waals surface area contributed by atoms with E-state index < -0.39 is 12.0 Å². The minimum absolute atomic E-state index is 0.185. The third-order valence-electron chi connectivity index (χ3n) is 2.20. The van der Waals surface area contributed by atoms with E-state index in [-0.39, 0.29) is 11.8 Å². The molecule has 3 N–H and O–H groups in total. The van der Waals surface area contributed by atoms with Crippen LogP contribution in [0.15, 0.2) is 0 Å². The molecule has 2 atom stereocenters. The van der Waals surface area contributed by atoms with E-state index in [4.69, 9.17) is 5.11 Å². The molecule has 0 rings (SSSR count). The van der Waals surface area contributed by atoms with Gasteiger partial charge < -0.3 is 15.5 Å². The second kappa shape index (κ2) is 8.48. The van der Waals surface area contributed by atoms with Crippen LogP contribution < -0.4 is 10.4 Å². The summed E-state index contributed by atoms with van der Waals surface area (Å²) in [6.45, 7) is 4.31. The Morgan fingerprint density at radius 2 is 1.94 bits per heavy atom. The molecule has 0 heterocycles. The predicted octanol–water partition coefficient (Wildman–Crippen LogP) is 0.762. The highest BCUT2D eigenvalue weighted by molar-refractivity contribution is 7.13. The van der Waals surface area contributed by atoms with E-state index in [0.717, 1.165) is 19.4 Å². The number of hydrogen-bond acceptors (Lipinski definition) is 3.